The first kappa shape index (κ1) is 19.4. The van der Waals surface area contributed by atoms with Crippen molar-refractivity contribution in [3.05, 3.63) is 37.4 Å². The second-order valence-corrected chi connectivity index (χ2v) is 9.93. The van der Waals surface area contributed by atoms with E-state index in [2.05, 4.69) is 38.5 Å². The van der Waals surface area contributed by atoms with Crippen molar-refractivity contribution in [1.82, 2.24) is 0 Å². The molecule has 118 valence electrons. The van der Waals surface area contributed by atoms with E-state index >= 15 is 0 Å². The van der Waals surface area contributed by atoms with Crippen molar-refractivity contribution in [3.63, 3.8) is 0 Å². The van der Waals surface area contributed by atoms with Gasteiger partial charge in [-0.15, -0.1) is 0 Å². The van der Waals surface area contributed by atoms with Gasteiger partial charge in [0.15, 0.2) is 0 Å². The number of allylic oxidation sites excluding steroid dienone is 1. The van der Waals surface area contributed by atoms with Gasteiger partial charge in [-0.05, 0) is 81.9 Å². The fourth-order valence-electron chi connectivity index (χ4n) is 1.89. The standard InChI is InChI=1S/C14H17BrClIO3S/c15-14(17)13(16)6-4-2-1-3-5-11-7-9-12(10-8-11)21(18,19)20/h7-10H,1-6H2,(H,18,19,20)/b14-13+. The Kier molecular flexibility index (Phi) is 8.78. The molecule has 0 unspecified atom stereocenters. The average Bonchev–Trinajstić information content (AvgIpc) is 2.41. The topological polar surface area (TPSA) is 54.4 Å². The third-order valence-electron chi connectivity index (χ3n) is 3.04. The zero-order valence-corrected chi connectivity index (χ0v) is 16.7. The van der Waals surface area contributed by atoms with Crippen molar-refractivity contribution in [2.24, 2.45) is 0 Å². The van der Waals surface area contributed by atoms with Gasteiger partial charge in [-0.2, -0.15) is 8.42 Å². The molecule has 0 bridgehead atoms. The molecular formula is C14H17BrClIO3S. The van der Waals surface area contributed by atoms with Gasteiger partial charge >= 0.3 is 0 Å². The molecule has 1 N–H and O–H groups in total. The van der Waals surface area contributed by atoms with E-state index in [9.17, 15) is 8.42 Å². The van der Waals surface area contributed by atoms with Crippen LogP contribution in [0.2, 0.25) is 0 Å². The number of unbranched alkanes of at least 4 members (excludes halogenated alkanes) is 3. The minimum Gasteiger partial charge on any atom is -0.282 e. The van der Waals surface area contributed by atoms with Crippen LogP contribution < -0.4 is 0 Å². The minimum atomic E-state index is -4.09. The van der Waals surface area contributed by atoms with Gasteiger partial charge in [0, 0.05) is 5.03 Å². The molecule has 0 aromatic heterocycles. The van der Waals surface area contributed by atoms with Crippen molar-refractivity contribution >= 4 is 60.2 Å². The second kappa shape index (κ2) is 9.50. The number of rotatable bonds is 8. The molecule has 0 amide bonds. The Hall–Kier alpha value is 0.370. The molecule has 0 aliphatic heterocycles. The van der Waals surface area contributed by atoms with Gasteiger partial charge in [-0.3, -0.25) is 4.55 Å². The van der Waals surface area contributed by atoms with Crippen LogP contribution in [0.15, 0.2) is 36.7 Å². The maximum atomic E-state index is 10.9. The second-order valence-electron chi connectivity index (χ2n) is 4.70. The van der Waals surface area contributed by atoms with Crippen molar-refractivity contribution in [2.45, 2.75) is 43.4 Å². The summed E-state index contributed by atoms with van der Waals surface area (Å²) in [5.41, 5.74) is 1.08. The molecule has 0 radical (unpaired) electrons. The first-order valence-electron chi connectivity index (χ1n) is 6.57. The van der Waals surface area contributed by atoms with E-state index in [-0.39, 0.29) is 4.90 Å². The summed E-state index contributed by atoms with van der Waals surface area (Å²) < 4.78 is 31.7. The Labute approximate surface area is 153 Å². The van der Waals surface area contributed by atoms with Crippen LogP contribution in [0.4, 0.5) is 0 Å². The van der Waals surface area contributed by atoms with Gasteiger partial charge in [0.25, 0.3) is 10.1 Å². The third kappa shape index (κ3) is 7.97. The molecule has 0 saturated carbocycles. The van der Waals surface area contributed by atoms with E-state index in [0.717, 1.165) is 51.6 Å². The summed E-state index contributed by atoms with van der Waals surface area (Å²) in [7, 11) is -4.09. The molecule has 0 spiro atoms. The van der Waals surface area contributed by atoms with Gasteiger partial charge in [0.2, 0.25) is 0 Å². The maximum absolute atomic E-state index is 10.9. The Morgan fingerprint density at radius 1 is 1.14 bits per heavy atom. The van der Waals surface area contributed by atoms with Gasteiger partial charge < -0.3 is 0 Å². The quantitative estimate of drug-likeness (QED) is 0.281. The Bertz CT molecular complexity index is 581. The highest BCUT2D eigenvalue weighted by Crippen LogP contribution is 2.26. The molecular weight excluding hydrogens is 490 g/mol. The van der Waals surface area contributed by atoms with Crippen LogP contribution in [0.3, 0.4) is 0 Å². The van der Waals surface area contributed by atoms with Crippen LogP contribution in [0.1, 0.15) is 37.7 Å². The summed E-state index contributed by atoms with van der Waals surface area (Å²) in [6.45, 7) is 0. The van der Waals surface area contributed by atoms with Crippen molar-refractivity contribution < 1.29 is 13.0 Å². The summed E-state index contributed by atoms with van der Waals surface area (Å²) in [4.78, 5) is -0.0583. The van der Waals surface area contributed by atoms with Crippen LogP contribution in [-0.2, 0) is 16.5 Å². The van der Waals surface area contributed by atoms with Crippen LogP contribution in [0.5, 0.6) is 0 Å². The number of hydrogen-bond donors (Lipinski definition) is 1. The normalized spacial score (nSPS) is 13.1. The molecule has 3 nitrogen and oxygen atoms in total. The van der Waals surface area contributed by atoms with E-state index in [0.29, 0.717) is 0 Å². The molecule has 0 atom stereocenters. The van der Waals surface area contributed by atoms with E-state index in [1.807, 2.05) is 0 Å². The van der Waals surface area contributed by atoms with Gasteiger partial charge in [-0.1, -0.05) is 36.6 Å². The maximum Gasteiger partial charge on any atom is 0.294 e. The SMILES string of the molecule is O=S(=O)(O)c1ccc(CCCCCC/C(Cl)=C(/Br)I)cc1. The van der Waals surface area contributed by atoms with Crippen LogP contribution in [0.25, 0.3) is 0 Å². The van der Waals surface area contributed by atoms with E-state index in [4.69, 9.17) is 16.2 Å². The molecule has 0 fully saturated rings. The summed E-state index contributed by atoms with van der Waals surface area (Å²) in [6.07, 6.45) is 6.16. The highest BCUT2D eigenvalue weighted by atomic mass is 127. The van der Waals surface area contributed by atoms with Gasteiger partial charge in [-0.25, -0.2) is 0 Å². The lowest BCUT2D eigenvalue weighted by Crippen LogP contribution is -1.98. The van der Waals surface area contributed by atoms with Crippen LogP contribution in [0, 0.1) is 0 Å². The van der Waals surface area contributed by atoms with E-state index in [1.54, 1.807) is 12.1 Å². The summed E-state index contributed by atoms with van der Waals surface area (Å²) in [5.74, 6) is 0. The molecule has 0 aliphatic rings. The minimum absolute atomic E-state index is 0.0583. The number of benzene rings is 1. The average molecular weight is 508 g/mol. The highest BCUT2D eigenvalue weighted by Gasteiger charge is 2.08. The Morgan fingerprint density at radius 2 is 1.71 bits per heavy atom. The molecule has 1 aromatic carbocycles. The first-order valence-corrected chi connectivity index (χ1v) is 10.3. The van der Waals surface area contributed by atoms with Crippen molar-refractivity contribution in [3.8, 4) is 0 Å². The van der Waals surface area contributed by atoms with Gasteiger partial charge in [0.1, 0.15) is 0 Å². The Morgan fingerprint density at radius 3 is 2.24 bits per heavy atom. The van der Waals surface area contributed by atoms with Crippen LogP contribution in [-0.4, -0.2) is 13.0 Å². The first-order chi connectivity index (χ1) is 9.80. The summed E-state index contributed by atoms with van der Waals surface area (Å²) in [6, 6.07) is 6.37. The fourth-order valence-corrected chi connectivity index (χ4v) is 2.97. The van der Waals surface area contributed by atoms with Crippen molar-refractivity contribution in [2.75, 3.05) is 0 Å². The van der Waals surface area contributed by atoms with E-state index in [1.165, 1.54) is 12.1 Å². The summed E-state index contributed by atoms with van der Waals surface area (Å²) >= 11 is 11.5. The molecule has 21 heavy (non-hydrogen) atoms. The number of halogens is 3. The smallest absolute Gasteiger partial charge is 0.282 e. The van der Waals surface area contributed by atoms with E-state index < -0.39 is 10.1 Å². The van der Waals surface area contributed by atoms with Crippen molar-refractivity contribution in [1.29, 1.82) is 0 Å². The lowest BCUT2D eigenvalue weighted by molar-refractivity contribution is 0.483. The molecule has 0 heterocycles. The highest BCUT2D eigenvalue weighted by molar-refractivity contribution is 14.1. The molecule has 1 rings (SSSR count). The van der Waals surface area contributed by atoms with Crippen LogP contribution >= 0.6 is 50.1 Å². The molecule has 1 aromatic rings. The Balaban J connectivity index is 2.26. The zero-order valence-electron chi connectivity index (χ0n) is 11.4. The number of hydrogen-bond acceptors (Lipinski definition) is 2. The molecule has 7 heteroatoms. The van der Waals surface area contributed by atoms with Gasteiger partial charge in [0.05, 0.1) is 7.38 Å². The third-order valence-corrected chi connectivity index (χ3v) is 5.96. The lowest BCUT2D eigenvalue weighted by Gasteiger charge is -2.04. The predicted molar refractivity (Wildman–Crippen MR) is 98.9 cm³/mol. The molecule has 0 saturated heterocycles. The summed E-state index contributed by atoms with van der Waals surface area (Å²) in [5, 5.41) is 0.872. The fraction of sp³-hybridized carbons (Fsp3) is 0.429. The predicted octanol–water partition coefficient (Wildman–Crippen LogP) is 5.66. The largest absolute Gasteiger partial charge is 0.294 e. The monoisotopic (exact) mass is 506 g/mol. The molecule has 0 aliphatic carbocycles. The number of aryl methyl sites for hydroxylation is 1. The lowest BCUT2D eigenvalue weighted by atomic mass is 10.1. The zero-order chi connectivity index (χ0) is 15.9.